The predicted octanol–water partition coefficient (Wildman–Crippen LogP) is 2.94. The molecule has 1 heterocycles. The van der Waals surface area contributed by atoms with Crippen LogP contribution in [-0.4, -0.2) is 25.0 Å². The first kappa shape index (κ1) is 13.6. The van der Waals surface area contributed by atoms with Crippen LogP contribution in [-0.2, 0) is 4.79 Å². The van der Waals surface area contributed by atoms with Crippen LogP contribution in [0.5, 0.6) is 0 Å². The summed E-state index contributed by atoms with van der Waals surface area (Å²) in [5.74, 6) is 0.202. The van der Waals surface area contributed by atoms with E-state index >= 15 is 0 Å². The van der Waals surface area contributed by atoms with E-state index in [2.05, 4.69) is 28.2 Å². The molecule has 3 nitrogen and oxygen atoms in total. The zero-order valence-electron chi connectivity index (χ0n) is 10.7. The van der Waals surface area contributed by atoms with Crippen molar-refractivity contribution in [3.05, 3.63) is 28.7 Å². The fraction of sp³-hybridized carbons (Fsp3) is 0.500. The highest BCUT2D eigenvalue weighted by Gasteiger charge is 2.28. The fourth-order valence-corrected chi connectivity index (χ4v) is 2.67. The average Bonchev–Trinajstić information content (AvgIpc) is 2.37. The highest BCUT2D eigenvalue weighted by atomic mass is 79.9. The van der Waals surface area contributed by atoms with Crippen molar-refractivity contribution < 1.29 is 4.79 Å². The first-order chi connectivity index (χ1) is 8.72. The Hall–Kier alpha value is -0.870. The number of benzene rings is 1. The van der Waals surface area contributed by atoms with Gasteiger partial charge in [-0.05, 0) is 44.0 Å². The molecule has 1 fully saturated rings. The normalized spacial score (nSPS) is 20.2. The van der Waals surface area contributed by atoms with Crippen molar-refractivity contribution in [3.8, 4) is 0 Å². The number of hydrogen-bond donors (Lipinski definition) is 1. The Balaban J connectivity index is 2.11. The van der Waals surface area contributed by atoms with Gasteiger partial charge in [0.25, 0.3) is 0 Å². The Morgan fingerprint density at radius 3 is 3.06 bits per heavy atom. The summed E-state index contributed by atoms with van der Waals surface area (Å²) in [6, 6.07) is 7.92. The molecule has 0 spiro atoms. The number of halogens is 1. The first-order valence-electron chi connectivity index (χ1n) is 6.52. The summed E-state index contributed by atoms with van der Waals surface area (Å²) < 4.78 is 1.01. The molecule has 98 valence electrons. The van der Waals surface area contributed by atoms with E-state index in [1.807, 2.05) is 29.2 Å². The lowest BCUT2D eigenvalue weighted by Crippen LogP contribution is -2.51. The Morgan fingerprint density at radius 2 is 2.33 bits per heavy atom. The molecule has 1 aromatic rings. The second-order valence-electron chi connectivity index (χ2n) is 4.62. The number of hydrogen-bond acceptors (Lipinski definition) is 2. The summed E-state index contributed by atoms with van der Waals surface area (Å²) in [6.07, 6.45) is 3.06. The maximum Gasteiger partial charge on any atom is 0.244 e. The van der Waals surface area contributed by atoms with Crippen LogP contribution in [0.25, 0.3) is 0 Å². The monoisotopic (exact) mass is 310 g/mol. The number of piperidine rings is 1. The molecule has 1 aliphatic rings. The van der Waals surface area contributed by atoms with Gasteiger partial charge in [-0.25, -0.2) is 0 Å². The van der Waals surface area contributed by atoms with Gasteiger partial charge >= 0.3 is 0 Å². The lowest BCUT2D eigenvalue weighted by molar-refractivity contribution is -0.121. The molecule has 1 aliphatic heterocycles. The maximum absolute atomic E-state index is 12.4. The number of carbonyl (C=O) groups is 1. The zero-order valence-corrected chi connectivity index (χ0v) is 12.2. The molecule has 4 heteroatoms. The van der Waals surface area contributed by atoms with Crippen LogP contribution >= 0.6 is 15.9 Å². The number of amides is 1. The van der Waals surface area contributed by atoms with Crippen LogP contribution in [0.15, 0.2) is 28.7 Å². The van der Waals surface area contributed by atoms with Crippen molar-refractivity contribution in [2.45, 2.75) is 32.2 Å². The van der Waals surface area contributed by atoms with Gasteiger partial charge in [-0.3, -0.25) is 4.79 Å². The third-order valence-electron chi connectivity index (χ3n) is 3.20. The van der Waals surface area contributed by atoms with Gasteiger partial charge < -0.3 is 10.2 Å². The van der Waals surface area contributed by atoms with Crippen molar-refractivity contribution in [1.29, 1.82) is 0 Å². The van der Waals surface area contributed by atoms with Crippen LogP contribution < -0.4 is 10.2 Å². The maximum atomic E-state index is 12.4. The Bertz CT molecular complexity index is 422. The highest BCUT2D eigenvalue weighted by Crippen LogP contribution is 2.24. The van der Waals surface area contributed by atoms with Crippen molar-refractivity contribution in [2.24, 2.45) is 0 Å². The number of anilines is 1. The minimum atomic E-state index is -0.0160. The number of rotatable bonds is 4. The minimum Gasteiger partial charge on any atom is -0.311 e. The topological polar surface area (TPSA) is 32.3 Å². The van der Waals surface area contributed by atoms with E-state index in [-0.39, 0.29) is 11.9 Å². The van der Waals surface area contributed by atoms with Gasteiger partial charge in [-0.15, -0.1) is 0 Å². The van der Waals surface area contributed by atoms with Crippen LogP contribution in [0.4, 0.5) is 5.69 Å². The van der Waals surface area contributed by atoms with Crippen LogP contribution in [0.3, 0.4) is 0 Å². The summed E-state index contributed by atoms with van der Waals surface area (Å²) >= 11 is 3.45. The van der Waals surface area contributed by atoms with Gasteiger partial charge in [0.15, 0.2) is 0 Å². The summed E-state index contributed by atoms with van der Waals surface area (Å²) in [5, 5.41) is 3.33. The van der Waals surface area contributed by atoms with Crippen molar-refractivity contribution >= 4 is 27.5 Å². The van der Waals surface area contributed by atoms with Gasteiger partial charge in [0, 0.05) is 16.7 Å². The van der Waals surface area contributed by atoms with Gasteiger partial charge in [0.05, 0.1) is 6.04 Å². The first-order valence-corrected chi connectivity index (χ1v) is 7.32. The number of nitrogens with one attached hydrogen (secondary N) is 1. The predicted molar refractivity (Wildman–Crippen MR) is 77.8 cm³/mol. The van der Waals surface area contributed by atoms with Gasteiger partial charge in [0.1, 0.15) is 0 Å². The quantitative estimate of drug-likeness (QED) is 0.927. The van der Waals surface area contributed by atoms with E-state index in [9.17, 15) is 4.79 Å². The van der Waals surface area contributed by atoms with E-state index in [1.54, 1.807) is 0 Å². The van der Waals surface area contributed by atoms with Crippen molar-refractivity contribution in [1.82, 2.24) is 5.32 Å². The molecule has 1 aromatic carbocycles. The van der Waals surface area contributed by atoms with Gasteiger partial charge in [-0.2, -0.15) is 0 Å². The SMILES string of the molecule is CCCNC1CCCN(c2cccc(Br)c2)C1=O. The molecule has 1 atom stereocenters. The molecular formula is C14H19BrN2O. The molecule has 0 saturated carbocycles. The number of nitrogens with zero attached hydrogens (tertiary/aromatic N) is 1. The molecule has 1 saturated heterocycles. The van der Waals surface area contributed by atoms with Crippen LogP contribution in [0.2, 0.25) is 0 Å². The van der Waals surface area contributed by atoms with E-state index in [0.717, 1.165) is 42.5 Å². The molecule has 0 aromatic heterocycles. The van der Waals surface area contributed by atoms with E-state index in [1.165, 1.54) is 0 Å². The zero-order chi connectivity index (χ0) is 13.0. The Kier molecular flexibility index (Phi) is 4.78. The van der Waals surface area contributed by atoms with Gasteiger partial charge in [0.2, 0.25) is 5.91 Å². The molecule has 18 heavy (non-hydrogen) atoms. The molecule has 0 radical (unpaired) electrons. The van der Waals surface area contributed by atoms with Gasteiger partial charge in [-0.1, -0.05) is 28.9 Å². The standard InChI is InChI=1S/C14H19BrN2O/c1-2-8-16-13-7-4-9-17(14(13)18)12-6-3-5-11(15)10-12/h3,5-6,10,13,16H,2,4,7-9H2,1H3. The molecule has 0 aliphatic carbocycles. The second-order valence-corrected chi connectivity index (χ2v) is 5.53. The lowest BCUT2D eigenvalue weighted by Gasteiger charge is -2.32. The van der Waals surface area contributed by atoms with Crippen LogP contribution in [0.1, 0.15) is 26.2 Å². The lowest BCUT2D eigenvalue weighted by atomic mass is 10.0. The largest absolute Gasteiger partial charge is 0.311 e. The van der Waals surface area contributed by atoms with Crippen LogP contribution in [0, 0.1) is 0 Å². The van der Waals surface area contributed by atoms with E-state index < -0.39 is 0 Å². The average molecular weight is 311 g/mol. The molecule has 1 unspecified atom stereocenters. The third-order valence-corrected chi connectivity index (χ3v) is 3.69. The number of carbonyl (C=O) groups excluding carboxylic acids is 1. The third kappa shape index (κ3) is 3.12. The minimum absolute atomic E-state index is 0.0160. The smallest absolute Gasteiger partial charge is 0.244 e. The molecule has 1 amide bonds. The Morgan fingerprint density at radius 1 is 1.50 bits per heavy atom. The summed E-state index contributed by atoms with van der Waals surface area (Å²) in [6.45, 7) is 3.84. The molecule has 1 N–H and O–H groups in total. The summed E-state index contributed by atoms with van der Waals surface area (Å²) in [5.41, 5.74) is 0.984. The Labute approximate surface area is 117 Å². The highest BCUT2D eigenvalue weighted by molar-refractivity contribution is 9.10. The van der Waals surface area contributed by atoms with Crippen molar-refractivity contribution in [2.75, 3.05) is 18.0 Å². The second kappa shape index (κ2) is 6.34. The molecule has 0 bridgehead atoms. The van der Waals surface area contributed by atoms with Crippen molar-refractivity contribution in [3.63, 3.8) is 0 Å². The van der Waals surface area contributed by atoms with E-state index in [4.69, 9.17) is 0 Å². The summed E-state index contributed by atoms with van der Waals surface area (Å²) in [4.78, 5) is 14.3. The fourth-order valence-electron chi connectivity index (χ4n) is 2.28. The molecular weight excluding hydrogens is 292 g/mol. The molecule has 2 rings (SSSR count). The summed E-state index contributed by atoms with van der Waals surface area (Å²) in [7, 11) is 0. The van der Waals surface area contributed by atoms with E-state index in [0.29, 0.717) is 0 Å².